The summed E-state index contributed by atoms with van der Waals surface area (Å²) in [6, 6.07) is 9.42. The van der Waals surface area contributed by atoms with Crippen molar-refractivity contribution in [1.82, 2.24) is 0 Å². The quantitative estimate of drug-likeness (QED) is 0.786. The van der Waals surface area contributed by atoms with Crippen molar-refractivity contribution in [1.29, 1.82) is 0 Å². The van der Waals surface area contributed by atoms with Crippen LogP contribution in [0, 0.1) is 0 Å². The summed E-state index contributed by atoms with van der Waals surface area (Å²) in [7, 11) is 0. The molecule has 1 radical (unpaired) electrons. The van der Waals surface area contributed by atoms with Gasteiger partial charge in [-0.25, -0.2) is 0 Å². The van der Waals surface area contributed by atoms with Crippen LogP contribution in [0.1, 0.15) is 66.2 Å². The number of nitrogens with two attached hydrogens (primary N) is 1. The van der Waals surface area contributed by atoms with Gasteiger partial charge < -0.3 is 16.0 Å². The lowest BCUT2D eigenvalue weighted by atomic mass is 9.73. The number of nitrogens with one attached hydrogen (secondary N) is 1. The molecule has 3 N–H and O–H groups in total. The molecule has 1 saturated heterocycles. The molecule has 0 bridgehead atoms. The molecule has 0 saturated carbocycles. The van der Waals surface area contributed by atoms with Crippen LogP contribution >= 0.6 is 11.6 Å². The van der Waals surface area contributed by atoms with Gasteiger partial charge in [-0.3, -0.25) is 9.59 Å². The third-order valence-corrected chi connectivity index (χ3v) is 6.33. The Hall–Kier alpha value is -2.53. The molecule has 6 heteroatoms. The molecule has 0 spiro atoms. The molecule has 0 aromatic heterocycles. The van der Waals surface area contributed by atoms with Gasteiger partial charge in [0.25, 0.3) is 5.91 Å². The standard InChI is InChI=1S/C23H25ClN3O2/c1-23(2)12-19(26-21-15(13-28)9-16(24)11-18(21)23)14-5-6-17(22(25)29)20(10-14)27-7-3-4-8-27/h5-6,9-11,19,26H,3-4,7-8,12H2,1-2H3,(H2,25,29). The zero-order valence-electron chi connectivity index (χ0n) is 16.7. The van der Waals surface area contributed by atoms with Gasteiger partial charge in [0.05, 0.1) is 17.2 Å². The van der Waals surface area contributed by atoms with Crippen molar-refractivity contribution < 1.29 is 9.59 Å². The van der Waals surface area contributed by atoms with Crippen LogP contribution in [0.3, 0.4) is 0 Å². The second kappa shape index (κ2) is 7.38. The number of carbonyl (C=O) groups excluding carboxylic acids is 2. The summed E-state index contributed by atoms with van der Waals surface area (Å²) in [5.41, 5.74) is 10.2. The van der Waals surface area contributed by atoms with Gasteiger partial charge in [-0.05, 0) is 60.1 Å². The van der Waals surface area contributed by atoms with Crippen LogP contribution in [0.5, 0.6) is 0 Å². The monoisotopic (exact) mass is 410 g/mol. The van der Waals surface area contributed by atoms with E-state index in [1.165, 1.54) is 0 Å². The number of halogens is 1. The van der Waals surface area contributed by atoms with Crippen molar-refractivity contribution in [3.63, 3.8) is 0 Å². The summed E-state index contributed by atoms with van der Waals surface area (Å²) in [6.07, 6.45) is 5.08. The average molecular weight is 411 g/mol. The van der Waals surface area contributed by atoms with E-state index in [0.29, 0.717) is 16.1 Å². The summed E-state index contributed by atoms with van der Waals surface area (Å²) in [4.78, 5) is 25.8. The van der Waals surface area contributed by atoms with E-state index in [-0.39, 0.29) is 11.5 Å². The van der Waals surface area contributed by atoms with E-state index in [0.717, 1.165) is 54.9 Å². The van der Waals surface area contributed by atoms with Gasteiger partial charge in [0, 0.05) is 29.5 Å². The SMILES string of the molecule is CC1(C)CC(c2ccc(C(N)=O)c(N3CCCC3)c2)Nc2c([C]=O)cc(Cl)cc21. The topological polar surface area (TPSA) is 75.4 Å². The van der Waals surface area contributed by atoms with Gasteiger partial charge >= 0.3 is 0 Å². The Labute approximate surface area is 176 Å². The summed E-state index contributed by atoms with van der Waals surface area (Å²) in [6.45, 7) is 6.17. The molecular formula is C23H25ClN3O2. The number of benzene rings is 2. The summed E-state index contributed by atoms with van der Waals surface area (Å²) >= 11 is 6.23. The molecule has 151 valence electrons. The fourth-order valence-electron chi connectivity index (χ4n) is 4.62. The molecule has 1 fully saturated rings. The average Bonchev–Trinajstić information content (AvgIpc) is 3.21. The first kappa shape index (κ1) is 19.8. The predicted octanol–water partition coefficient (Wildman–Crippen LogP) is 4.33. The Kier molecular flexibility index (Phi) is 5.03. The first-order valence-electron chi connectivity index (χ1n) is 9.97. The maximum absolute atomic E-state index is 12.0. The van der Waals surface area contributed by atoms with Crippen molar-refractivity contribution >= 4 is 35.2 Å². The lowest BCUT2D eigenvalue weighted by Gasteiger charge is -2.40. The Morgan fingerprint density at radius 2 is 1.97 bits per heavy atom. The third-order valence-electron chi connectivity index (χ3n) is 6.11. The first-order valence-corrected chi connectivity index (χ1v) is 10.4. The number of fused-ring (bicyclic) bond motifs is 1. The number of hydrogen-bond acceptors (Lipinski definition) is 4. The van der Waals surface area contributed by atoms with Crippen molar-refractivity contribution in [3.8, 4) is 0 Å². The molecule has 1 amide bonds. The van der Waals surface area contributed by atoms with Gasteiger partial charge in [-0.15, -0.1) is 0 Å². The van der Waals surface area contributed by atoms with Crippen molar-refractivity contribution in [2.24, 2.45) is 5.73 Å². The molecule has 5 nitrogen and oxygen atoms in total. The normalized spacial score (nSPS) is 20.1. The van der Waals surface area contributed by atoms with Crippen molar-refractivity contribution in [3.05, 3.63) is 57.6 Å². The van der Waals surface area contributed by atoms with Gasteiger partial charge in [0.15, 0.2) is 0 Å². The lowest BCUT2D eigenvalue weighted by molar-refractivity contribution is 0.100. The Morgan fingerprint density at radius 1 is 1.24 bits per heavy atom. The molecule has 2 aromatic carbocycles. The highest BCUT2D eigenvalue weighted by atomic mass is 35.5. The van der Waals surface area contributed by atoms with Crippen molar-refractivity contribution in [2.75, 3.05) is 23.3 Å². The number of carbonyl (C=O) groups is 1. The molecule has 4 rings (SSSR count). The molecular weight excluding hydrogens is 386 g/mol. The summed E-state index contributed by atoms with van der Waals surface area (Å²) in [5, 5.41) is 4.07. The van der Waals surface area contributed by atoms with E-state index in [1.54, 1.807) is 6.07 Å². The highest BCUT2D eigenvalue weighted by molar-refractivity contribution is 6.31. The maximum Gasteiger partial charge on any atom is 0.250 e. The van der Waals surface area contributed by atoms with Gasteiger partial charge in [0.2, 0.25) is 6.29 Å². The van der Waals surface area contributed by atoms with Crippen LogP contribution in [0.4, 0.5) is 11.4 Å². The second-order valence-corrected chi connectivity index (χ2v) is 9.03. The van der Waals surface area contributed by atoms with E-state index in [2.05, 4.69) is 30.1 Å². The van der Waals surface area contributed by atoms with E-state index in [4.69, 9.17) is 17.3 Å². The minimum atomic E-state index is -0.409. The first-order chi connectivity index (χ1) is 13.8. The smallest absolute Gasteiger partial charge is 0.250 e. The summed E-state index contributed by atoms with van der Waals surface area (Å²) < 4.78 is 0. The van der Waals surface area contributed by atoms with Gasteiger partial charge in [-0.2, -0.15) is 0 Å². The largest absolute Gasteiger partial charge is 0.377 e. The number of nitrogens with zero attached hydrogens (tertiary/aromatic N) is 1. The predicted molar refractivity (Wildman–Crippen MR) is 117 cm³/mol. The third kappa shape index (κ3) is 3.60. The number of anilines is 2. The van der Waals surface area contributed by atoms with E-state index in [1.807, 2.05) is 24.5 Å². The van der Waals surface area contributed by atoms with Gasteiger partial charge in [-0.1, -0.05) is 31.5 Å². The molecule has 29 heavy (non-hydrogen) atoms. The second-order valence-electron chi connectivity index (χ2n) is 8.60. The van der Waals surface area contributed by atoms with Crippen LogP contribution in [0.15, 0.2) is 30.3 Å². The van der Waals surface area contributed by atoms with Crippen LogP contribution < -0.4 is 16.0 Å². The number of primary amides is 1. The molecule has 0 aliphatic carbocycles. The van der Waals surface area contributed by atoms with Crippen LogP contribution in [-0.2, 0) is 10.2 Å². The Bertz CT molecular complexity index is 980. The molecule has 2 aliphatic rings. The van der Waals surface area contributed by atoms with Crippen molar-refractivity contribution in [2.45, 2.75) is 44.6 Å². The fourth-order valence-corrected chi connectivity index (χ4v) is 4.83. The van der Waals surface area contributed by atoms with E-state index < -0.39 is 5.91 Å². The van der Waals surface area contributed by atoms with Crippen LogP contribution in [0.2, 0.25) is 5.02 Å². The van der Waals surface area contributed by atoms with Crippen LogP contribution in [-0.4, -0.2) is 25.3 Å². The molecule has 1 unspecified atom stereocenters. The zero-order valence-corrected chi connectivity index (χ0v) is 17.5. The van der Waals surface area contributed by atoms with Gasteiger partial charge in [0.1, 0.15) is 0 Å². The fraction of sp³-hybridized carbons (Fsp3) is 0.391. The Morgan fingerprint density at radius 3 is 2.62 bits per heavy atom. The Balaban J connectivity index is 1.77. The molecule has 1 atom stereocenters. The highest BCUT2D eigenvalue weighted by Gasteiger charge is 2.35. The number of rotatable bonds is 4. The minimum absolute atomic E-state index is 0.00550. The van der Waals surface area contributed by atoms with E-state index in [9.17, 15) is 9.59 Å². The highest BCUT2D eigenvalue weighted by Crippen LogP contribution is 2.46. The van der Waals surface area contributed by atoms with E-state index >= 15 is 0 Å². The lowest BCUT2D eigenvalue weighted by Crippen LogP contribution is -2.32. The molecule has 2 heterocycles. The number of hydrogen-bond donors (Lipinski definition) is 2. The maximum atomic E-state index is 12.0. The molecule has 2 aromatic rings. The minimum Gasteiger partial charge on any atom is -0.377 e. The summed E-state index contributed by atoms with van der Waals surface area (Å²) in [5.74, 6) is -0.409. The molecule has 2 aliphatic heterocycles. The zero-order chi connectivity index (χ0) is 20.8. The van der Waals surface area contributed by atoms with Crippen LogP contribution in [0.25, 0.3) is 0 Å². The number of amides is 1.